The van der Waals surface area contributed by atoms with Crippen LogP contribution in [0.15, 0.2) is 4.99 Å². The van der Waals surface area contributed by atoms with Crippen molar-refractivity contribution >= 4 is 11.9 Å². The largest absolute Gasteiger partial charge is 0.469 e. The van der Waals surface area contributed by atoms with E-state index in [0.717, 1.165) is 57.9 Å². The summed E-state index contributed by atoms with van der Waals surface area (Å²) in [5.41, 5.74) is 0. The summed E-state index contributed by atoms with van der Waals surface area (Å²) in [4.78, 5) is 15.1. The molecule has 0 atom stereocenters. The second-order valence-corrected chi connectivity index (χ2v) is 4.36. The number of methoxy groups -OCH3 is 1. The summed E-state index contributed by atoms with van der Waals surface area (Å²) in [5, 5.41) is 6.48. The maximum absolute atomic E-state index is 10.9. The standard InChI is InChI=1S/C14H29N3O3/c1-4-20-12-8-11-17-14(15-2)16-10-7-5-6-9-13(18)19-3/h4-12H2,1-3H3,(H2,15,16,17). The van der Waals surface area contributed by atoms with Crippen LogP contribution >= 0.6 is 0 Å². The number of guanidine groups is 1. The SMILES string of the molecule is CCOCCCNC(=NC)NCCCCCC(=O)OC. The molecular formula is C14H29N3O3. The Balaban J connectivity index is 3.44. The molecule has 0 bridgehead atoms. The first-order valence-electron chi connectivity index (χ1n) is 7.33. The van der Waals surface area contributed by atoms with E-state index in [1.165, 1.54) is 7.11 Å². The van der Waals surface area contributed by atoms with Crippen LogP contribution in [0.2, 0.25) is 0 Å². The van der Waals surface area contributed by atoms with Gasteiger partial charge in [0.1, 0.15) is 0 Å². The van der Waals surface area contributed by atoms with Crippen molar-refractivity contribution in [1.29, 1.82) is 0 Å². The van der Waals surface area contributed by atoms with Crippen molar-refractivity contribution in [1.82, 2.24) is 10.6 Å². The van der Waals surface area contributed by atoms with Gasteiger partial charge in [-0.05, 0) is 26.2 Å². The van der Waals surface area contributed by atoms with Gasteiger partial charge in [0, 0.05) is 39.8 Å². The highest BCUT2D eigenvalue weighted by Gasteiger charge is 2.00. The Morgan fingerprint density at radius 3 is 2.40 bits per heavy atom. The van der Waals surface area contributed by atoms with Crippen molar-refractivity contribution in [3.63, 3.8) is 0 Å². The van der Waals surface area contributed by atoms with E-state index in [9.17, 15) is 4.79 Å². The summed E-state index contributed by atoms with van der Waals surface area (Å²) in [6.45, 7) is 5.23. The molecule has 6 nitrogen and oxygen atoms in total. The van der Waals surface area contributed by atoms with Crippen LogP contribution in [0, 0.1) is 0 Å². The minimum atomic E-state index is -0.135. The average molecular weight is 287 g/mol. The summed E-state index contributed by atoms with van der Waals surface area (Å²) >= 11 is 0. The number of esters is 1. The zero-order chi connectivity index (χ0) is 15.1. The fraction of sp³-hybridized carbons (Fsp3) is 0.857. The predicted octanol–water partition coefficient (Wildman–Crippen LogP) is 1.31. The van der Waals surface area contributed by atoms with Gasteiger partial charge in [0.25, 0.3) is 0 Å². The third-order valence-electron chi connectivity index (χ3n) is 2.76. The monoisotopic (exact) mass is 287 g/mol. The van der Waals surface area contributed by atoms with E-state index in [1.54, 1.807) is 7.05 Å². The average Bonchev–Trinajstić information content (AvgIpc) is 2.47. The van der Waals surface area contributed by atoms with Crippen molar-refractivity contribution in [2.45, 2.75) is 39.0 Å². The molecule has 0 radical (unpaired) electrons. The number of ether oxygens (including phenoxy) is 2. The number of rotatable bonds is 11. The third kappa shape index (κ3) is 11.8. The molecule has 0 saturated carbocycles. The Labute approximate surface area is 122 Å². The molecule has 0 aliphatic carbocycles. The lowest BCUT2D eigenvalue weighted by Gasteiger charge is -2.11. The van der Waals surface area contributed by atoms with Gasteiger partial charge in [0.15, 0.2) is 5.96 Å². The Bertz CT molecular complexity index is 270. The van der Waals surface area contributed by atoms with E-state index in [1.807, 2.05) is 6.92 Å². The van der Waals surface area contributed by atoms with Gasteiger partial charge in [-0.2, -0.15) is 0 Å². The van der Waals surface area contributed by atoms with Gasteiger partial charge < -0.3 is 20.1 Å². The number of carbonyl (C=O) groups is 1. The molecule has 0 spiro atoms. The summed E-state index contributed by atoms with van der Waals surface area (Å²) in [5.74, 6) is 0.680. The van der Waals surface area contributed by atoms with Gasteiger partial charge in [-0.3, -0.25) is 9.79 Å². The van der Waals surface area contributed by atoms with Crippen LogP contribution in [-0.4, -0.2) is 52.4 Å². The molecule has 0 amide bonds. The maximum atomic E-state index is 10.9. The summed E-state index contributed by atoms with van der Waals surface area (Å²) in [7, 11) is 3.18. The van der Waals surface area contributed by atoms with E-state index >= 15 is 0 Å². The molecule has 0 aliphatic rings. The van der Waals surface area contributed by atoms with Crippen molar-refractivity contribution in [2.24, 2.45) is 4.99 Å². The highest BCUT2D eigenvalue weighted by molar-refractivity contribution is 5.79. The molecule has 118 valence electrons. The highest BCUT2D eigenvalue weighted by atomic mass is 16.5. The molecule has 6 heteroatoms. The number of nitrogens with zero attached hydrogens (tertiary/aromatic N) is 1. The predicted molar refractivity (Wildman–Crippen MR) is 81.0 cm³/mol. The number of hydrogen-bond donors (Lipinski definition) is 2. The first-order chi connectivity index (χ1) is 9.74. The van der Waals surface area contributed by atoms with Crippen molar-refractivity contribution in [3.8, 4) is 0 Å². The molecule has 0 fully saturated rings. The van der Waals surface area contributed by atoms with Crippen LogP contribution in [-0.2, 0) is 14.3 Å². The molecule has 0 aromatic rings. The molecule has 20 heavy (non-hydrogen) atoms. The van der Waals surface area contributed by atoms with Crippen molar-refractivity contribution < 1.29 is 14.3 Å². The van der Waals surface area contributed by atoms with Gasteiger partial charge in [-0.15, -0.1) is 0 Å². The molecule has 0 aromatic carbocycles. The topological polar surface area (TPSA) is 72.0 Å². The fourth-order valence-corrected chi connectivity index (χ4v) is 1.63. The van der Waals surface area contributed by atoms with Gasteiger partial charge in [-0.1, -0.05) is 6.42 Å². The number of aliphatic imine (C=N–C) groups is 1. The van der Waals surface area contributed by atoms with E-state index in [-0.39, 0.29) is 5.97 Å². The number of hydrogen-bond acceptors (Lipinski definition) is 4. The Kier molecular flexibility index (Phi) is 13.2. The zero-order valence-electron chi connectivity index (χ0n) is 13.0. The Morgan fingerprint density at radius 1 is 1.10 bits per heavy atom. The van der Waals surface area contributed by atoms with Crippen LogP contribution < -0.4 is 10.6 Å². The van der Waals surface area contributed by atoms with E-state index in [2.05, 4.69) is 20.4 Å². The third-order valence-corrected chi connectivity index (χ3v) is 2.76. The van der Waals surface area contributed by atoms with E-state index in [0.29, 0.717) is 6.42 Å². The fourth-order valence-electron chi connectivity index (χ4n) is 1.63. The van der Waals surface area contributed by atoms with Crippen LogP contribution in [0.4, 0.5) is 0 Å². The first kappa shape index (κ1) is 18.7. The second kappa shape index (κ2) is 14.1. The minimum absolute atomic E-state index is 0.135. The Morgan fingerprint density at radius 2 is 1.80 bits per heavy atom. The number of unbranched alkanes of at least 4 members (excludes halogenated alkanes) is 2. The molecule has 2 N–H and O–H groups in total. The van der Waals surface area contributed by atoms with Crippen molar-refractivity contribution in [2.75, 3.05) is 40.5 Å². The van der Waals surface area contributed by atoms with E-state index < -0.39 is 0 Å². The molecule has 0 heterocycles. The van der Waals surface area contributed by atoms with Crippen LogP contribution in [0.25, 0.3) is 0 Å². The van der Waals surface area contributed by atoms with Gasteiger partial charge in [-0.25, -0.2) is 0 Å². The smallest absolute Gasteiger partial charge is 0.305 e. The second-order valence-electron chi connectivity index (χ2n) is 4.36. The highest BCUT2D eigenvalue weighted by Crippen LogP contribution is 1.99. The van der Waals surface area contributed by atoms with Crippen LogP contribution in [0.5, 0.6) is 0 Å². The lowest BCUT2D eigenvalue weighted by molar-refractivity contribution is -0.140. The van der Waals surface area contributed by atoms with Gasteiger partial charge in [0.05, 0.1) is 7.11 Å². The molecule has 0 unspecified atom stereocenters. The van der Waals surface area contributed by atoms with Gasteiger partial charge in [0.2, 0.25) is 0 Å². The molecule has 0 rings (SSSR count). The molecule has 0 aromatic heterocycles. The maximum Gasteiger partial charge on any atom is 0.305 e. The molecule has 0 saturated heterocycles. The summed E-state index contributed by atoms with van der Waals surface area (Å²) in [6, 6.07) is 0. The minimum Gasteiger partial charge on any atom is -0.469 e. The zero-order valence-corrected chi connectivity index (χ0v) is 13.0. The van der Waals surface area contributed by atoms with Crippen molar-refractivity contribution in [3.05, 3.63) is 0 Å². The van der Waals surface area contributed by atoms with Gasteiger partial charge >= 0.3 is 5.97 Å². The van der Waals surface area contributed by atoms with E-state index in [4.69, 9.17) is 4.74 Å². The normalized spacial score (nSPS) is 11.2. The molecular weight excluding hydrogens is 258 g/mol. The van der Waals surface area contributed by atoms with Crippen LogP contribution in [0.3, 0.4) is 0 Å². The first-order valence-corrected chi connectivity index (χ1v) is 7.33. The Hall–Kier alpha value is -1.30. The summed E-state index contributed by atoms with van der Waals surface area (Å²) in [6.07, 6.45) is 4.35. The number of nitrogens with one attached hydrogen (secondary N) is 2. The summed E-state index contributed by atoms with van der Waals surface area (Å²) < 4.78 is 9.86. The van der Waals surface area contributed by atoms with Crippen LogP contribution in [0.1, 0.15) is 39.0 Å². The lowest BCUT2D eigenvalue weighted by Crippen LogP contribution is -2.38. The lowest BCUT2D eigenvalue weighted by atomic mass is 10.2. The number of carbonyl (C=O) groups excluding carboxylic acids is 1. The molecule has 0 aliphatic heterocycles. The quantitative estimate of drug-likeness (QED) is 0.259.